The summed E-state index contributed by atoms with van der Waals surface area (Å²) in [5.74, 6) is -3.02. The molecule has 1 aliphatic heterocycles. The highest BCUT2D eigenvalue weighted by Crippen LogP contribution is 2.60. The monoisotopic (exact) mass is 638 g/mol. The molecule has 6 nitrogen and oxygen atoms in total. The molecule has 1 saturated carbocycles. The van der Waals surface area contributed by atoms with Gasteiger partial charge in [-0.2, -0.15) is 26.3 Å². The first kappa shape index (κ1) is 31.2. The standard InChI is InChI=1S/C28H26F8N2O4S/c1-24(23(37)40)12-11-22(39)38(24)21-10-13-25(43(41,42)18-6-4-17(29)5-7-18)19-9-3-16(14-15(19)2-8-20(21)25)26(30,27(31,32)33)28(34,35)36/h3-7,9,14,20-21H,2,8,10-13H2,1H3,(H2,37,40)/t20-,21+,24?,25+/m0/s1. The lowest BCUT2D eigenvalue weighted by Crippen LogP contribution is -2.59. The predicted molar refractivity (Wildman–Crippen MR) is 135 cm³/mol. The van der Waals surface area contributed by atoms with Crippen LogP contribution in [0, 0.1) is 11.7 Å². The molecule has 2 fully saturated rings. The SMILES string of the molecule is CC1(C(N)=O)CCC(=O)N1[C@@H]1CC[C@@]2(S(=O)(=O)c3ccc(F)cc3)c3ccc(C(F)(C(F)(F)F)C(F)(F)F)cc3CC[C@@H]12. The lowest BCUT2D eigenvalue weighted by atomic mass is 9.73. The first-order valence-corrected chi connectivity index (χ1v) is 14.8. The Labute approximate surface area is 241 Å². The number of rotatable bonds is 5. The minimum Gasteiger partial charge on any atom is -0.368 e. The molecule has 43 heavy (non-hydrogen) atoms. The van der Waals surface area contributed by atoms with Gasteiger partial charge in [-0.3, -0.25) is 9.59 Å². The third kappa shape index (κ3) is 4.20. The van der Waals surface area contributed by atoms with Gasteiger partial charge in [0.25, 0.3) is 0 Å². The first-order valence-electron chi connectivity index (χ1n) is 13.3. The van der Waals surface area contributed by atoms with Crippen molar-refractivity contribution in [2.45, 2.75) is 84.7 Å². The minimum atomic E-state index is -6.37. The highest BCUT2D eigenvalue weighted by molar-refractivity contribution is 7.92. The zero-order valence-corrected chi connectivity index (χ0v) is 23.3. The van der Waals surface area contributed by atoms with Crippen molar-refractivity contribution >= 4 is 21.7 Å². The number of carbonyl (C=O) groups excluding carboxylic acids is 2. The number of nitrogens with zero attached hydrogens (tertiary/aromatic N) is 1. The maximum absolute atomic E-state index is 15.0. The van der Waals surface area contributed by atoms with Crippen molar-refractivity contribution in [3.8, 4) is 0 Å². The van der Waals surface area contributed by atoms with E-state index in [1.165, 1.54) is 11.8 Å². The van der Waals surface area contributed by atoms with Crippen molar-refractivity contribution in [3.05, 3.63) is 65.0 Å². The molecule has 2 aliphatic carbocycles. The lowest BCUT2D eigenvalue weighted by Gasteiger charge is -2.46. The number of amides is 2. The van der Waals surface area contributed by atoms with Crippen LogP contribution >= 0.6 is 0 Å². The van der Waals surface area contributed by atoms with Crippen molar-refractivity contribution in [2.24, 2.45) is 11.7 Å². The molecule has 0 radical (unpaired) electrons. The summed E-state index contributed by atoms with van der Waals surface area (Å²) in [4.78, 5) is 26.4. The Morgan fingerprint density at radius 1 is 0.930 bits per heavy atom. The first-order chi connectivity index (χ1) is 19.7. The van der Waals surface area contributed by atoms with E-state index in [0.29, 0.717) is 6.07 Å². The van der Waals surface area contributed by atoms with E-state index < -0.39 is 73.3 Å². The van der Waals surface area contributed by atoms with Crippen LogP contribution in [0.4, 0.5) is 35.1 Å². The molecular weight excluding hydrogens is 612 g/mol. The molecule has 0 aromatic heterocycles. The van der Waals surface area contributed by atoms with E-state index in [1.54, 1.807) is 0 Å². The molecule has 2 amide bonds. The molecule has 3 aliphatic rings. The van der Waals surface area contributed by atoms with Crippen LogP contribution in [-0.4, -0.2) is 49.1 Å². The van der Waals surface area contributed by atoms with Crippen LogP contribution in [0.15, 0.2) is 47.4 Å². The predicted octanol–water partition coefficient (Wildman–Crippen LogP) is 5.38. The third-order valence-corrected chi connectivity index (χ3v) is 12.0. The second-order valence-electron chi connectivity index (χ2n) is 11.5. The topological polar surface area (TPSA) is 97.5 Å². The average molecular weight is 639 g/mol. The van der Waals surface area contributed by atoms with Crippen molar-refractivity contribution in [1.29, 1.82) is 0 Å². The summed E-state index contributed by atoms with van der Waals surface area (Å²) in [7, 11) is -4.59. The summed E-state index contributed by atoms with van der Waals surface area (Å²) in [5.41, 5.74) is -3.67. The number of hydrogen-bond donors (Lipinski definition) is 1. The van der Waals surface area contributed by atoms with Gasteiger partial charge in [-0.1, -0.05) is 18.2 Å². The lowest BCUT2D eigenvalue weighted by molar-refractivity contribution is -0.348. The largest absolute Gasteiger partial charge is 0.435 e. The number of primary amides is 1. The average Bonchev–Trinajstić information content (AvgIpc) is 3.45. The molecule has 15 heteroatoms. The van der Waals surface area contributed by atoms with Crippen LogP contribution in [-0.2, 0) is 36.3 Å². The van der Waals surface area contributed by atoms with Gasteiger partial charge in [0.2, 0.25) is 11.8 Å². The van der Waals surface area contributed by atoms with Gasteiger partial charge in [0.05, 0.1) is 4.90 Å². The summed E-state index contributed by atoms with van der Waals surface area (Å²) < 4.78 is 137. The summed E-state index contributed by atoms with van der Waals surface area (Å²) >= 11 is 0. The highest BCUT2D eigenvalue weighted by Gasteiger charge is 2.74. The van der Waals surface area contributed by atoms with Gasteiger partial charge in [0.15, 0.2) is 9.84 Å². The smallest absolute Gasteiger partial charge is 0.368 e. The second kappa shape index (κ2) is 9.63. The number of carbonyl (C=O) groups is 2. The number of aryl methyl sites for hydroxylation is 1. The number of alkyl halides is 7. The zero-order valence-electron chi connectivity index (χ0n) is 22.5. The minimum absolute atomic E-state index is 0.000949. The normalized spacial score (nSPS) is 28.1. The van der Waals surface area contributed by atoms with Crippen molar-refractivity contribution < 1.29 is 53.1 Å². The molecule has 234 valence electrons. The molecule has 0 spiro atoms. The molecular formula is C28H26F8N2O4S. The van der Waals surface area contributed by atoms with Gasteiger partial charge in [0.1, 0.15) is 16.1 Å². The number of sulfone groups is 1. The quantitative estimate of drug-likeness (QED) is 0.352. The Morgan fingerprint density at radius 2 is 1.53 bits per heavy atom. The van der Waals surface area contributed by atoms with Gasteiger partial charge in [0, 0.05) is 23.9 Å². The Morgan fingerprint density at radius 3 is 2.09 bits per heavy atom. The Hall–Kier alpha value is -3.23. The maximum Gasteiger partial charge on any atom is 0.435 e. The third-order valence-electron chi connectivity index (χ3n) is 9.43. The van der Waals surface area contributed by atoms with Gasteiger partial charge < -0.3 is 10.6 Å². The van der Waals surface area contributed by atoms with E-state index in [1.807, 2.05) is 0 Å². The van der Waals surface area contributed by atoms with E-state index in [4.69, 9.17) is 5.73 Å². The number of likely N-dealkylation sites (tertiary alicyclic amines) is 1. The Bertz CT molecular complexity index is 1580. The van der Waals surface area contributed by atoms with Crippen LogP contribution in [0.25, 0.3) is 0 Å². The van der Waals surface area contributed by atoms with Crippen molar-refractivity contribution in [1.82, 2.24) is 4.90 Å². The van der Waals surface area contributed by atoms with Gasteiger partial charge in [-0.15, -0.1) is 0 Å². The van der Waals surface area contributed by atoms with Crippen LogP contribution < -0.4 is 5.73 Å². The fraction of sp³-hybridized carbons (Fsp3) is 0.500. The number of benzene rings is 2. The summed E-state index contributed by atoms with van der Waals surface area (Å²) in [6, 6.07) is 4.31. The molecule has 2 aromatic rings. The number of halogens is 8. The zero-order chi connectivity index (χ0) is 32.0. The molecule has 1 unspecified atom stereocenters. The van der Waals surface area contributed by atoms with E-state index in [9.17, 15) is 53.1 Å². The van der Waals surface area contributed by atoms with E-state index in [-0.39, 0.29) is 60.6 Å². The molecule has 5 rings (SSSR count). The second-order valence-corrected chi connectivity index (χ2v) is 13.7. The molecule has 2 aromatic carbocycles. The van der Waals surface area contributed by atoms with Crippen LogP contribution in [0.1, 0.15) is 55.7 Å². The number of hydrogen-bond acceptors (Lipinski definition) is 4. The van der Waals surface area contributed by atoms with Crippen LogP contribution in [0.3, 0.4) is 0 Å². The molecule has 1 heterocycles. The molecule has 1 saturated heterocycles. The fourth-order valence-electron chi connectivity index (χ4n) is 7.32. The van der Waals surface area contributed by atoms with Crippen LogP contribution in [0.2, 0.25) is 0 Å². The molecule has 2 N–H and O–H groups in total. The van der Waals surface area contributed by atoms with Gasteiger partial charge >= 0.3 is 18.0 Å². The van der Waals surface area contributed by atoms with Crippen molar-refractivity contribution in [2.75, 3.05) is 0 Å². The van der Waals surface area contributed by atoms with Gasteiger partial charge in [-0.05, 0) is 74.4 Å². The summed E-state index contributed by atoms with van der Waals surface area (Å²) in [6.45, 7) is 1.45. The van der Waals surface area contributed by atoms with E-state index >= 15 is 0 Å². The molecule has 0 bridgehead atoms. The van der Waals surface area contributed by atoms with Crippen molar-refractivity contribution in [3.63, 3.8) is 0 Å². The Balaban J connectivity index is 1.73. The summed E-state index contributed by atoms with van der Waals surface area (Å²) in [6.07, 6.45) is -13.4. The Kier molecular flexibility index (Phi) is 6.99. The van der Waals surface area contributed by atoms with E-state index in [0.717, 1.165) is 30.3 Å². The van der Waals surface area contributed by atoms with E-state index in [2.05, 4.69) is 0 Å². The molecule has 4 atom stereocenters. The maximum atomic E-state index is 15.0. The highest BCUT2D eigenvalue weighted by atomic mass is 32.2. The van der Waals surface area contributed by atoms with Crippen LogP contribution in [0.5, 0.6) is 0 Å². The summed E-state index contributed by atoms with van der Waals surface area (Å²) in [5, 5.41) is 0. The number of fused-ring (bicyclic) bond motifs is 3. The van der Waals surface area contributed by atoms with Gasteiger partial charge in [-0.25, -0.2) is 17.2 Å². The fourth-order valence-corrected chi connectivity index (χ4v) is 9.78. The number of nitrogens with two attached hydrogens (primary N) is 1.